The average Bonchev–Trinajstić information content (AvgIpc) is 2.37. The Morgan fingerprint density at radius 3 is 2.70 bits per heavy atom. The van der Waals surface area contributed by atoms with Gasteiger partial charge in [-0.1, -0.05) is 11.6 Å². The molecule has 0 saturated heterocycles. The fourth-order valence-electron chi connectivity index (χ4n) is 1.36. The molecule has 0 heterocycles. The zero-order chi connectivity index (χ0) is 15.3. The van der Waals surface area contributed by atoms with Crippen molar-refractivity contribution in [2.45, 2.75) is 17.4 Å². The highest BCUT2D eigenvalue weighted by Crippen LogP contribution is 2.25. The number of methoxy groups -OCH3 is 1. The smallest absolute Gasteiger partial charge is 0.306 e. The van der Waals surface area contributed by atoms with Crippen LogP contribution >= 0.6 is 27.5 Å². The van der Waals surface area contributed by atoms with E-state index in [4.69, 9.17) is 21.4 Å². The molecule has 20 heavy (non-hydrogen) atoms. The number of hydrogen-bond acceptors (Lipinski definition) is 4. The molecule has 1 aromatic carbocycles. The molecule has 6 nitrogen and oxygen atoms in total. The Bertz CT molecular complexity index is 592. The van der Waals surface area contributed by atoms with Gasteiger partial charge in [0.1, 0.15) is 0 Å². The molecule has 0 aliphatic rings. The van der Waals surface area contributed by atoms with Crippen molar-refractivity contribution in [3.8, 4) is 0 Å². The largest absolute Gasteiger partial charge is 0.481 e. The third-order valence-electron chi connectivity index (χ3n) is 2.44. The van der Waals surface area contributed by atoms with Gasteiger partial charge < -0.3 is 9.84 Å². The van der Waals surface area contributed by atoms with Crippen molar-refractivity contribution in [2.75, 3.05) is 13.7 Å². The van der Waals surface area contributed by atoms with Crippen LogP contribution in [0.1, 0.15) is 6.42 Å². The first-order valence-electron chi connectivity index (χ1n) is 5.45. The van der Waals surface area contributed by atoms with Gasteiger partial charge in [0, 0.05) is 18.1 Å². The molecular formula is C11H13BrClNO5S. The molecule has 0 spiro atoms. The van der Waals surface area contributed by atoms with E-state index in [9.17, 15) is 13.2 Å². The van der Waals surface area contributed by atoms with Crippen molar-refractivity contribution in [1.82, 2.24) is 4.72 Å². The summed E-state index contributed by atoms with van der Waals surface area (Å²) < 4.78 is 31.7. The Morgan fingerprint density at radius 1 is 1.55 bits per heavy atom. The number of carboxylic acid groups (broad SMARTS) is 1. The molecule has 0 radical (unpaired) electrons. The molecule has 112 valence electrons. The molecule has 0 fully saturated rings. The summed E-state index contributed by atoms with van der Waals surface area (Å²) in [5.41, 5.74) is 0. The van der Waals surface area contributed by atoms with Crippen LogP contribution in [-0.4, -0.2) is 39.3 Å². The van der Waals surface area contributed by atoms with Crippen LogP contribution in [0.5, 0.6) is 0 Å². The Labute approximate surface area is 130 Å². The summed E-state index contributed by atoms with van der Waals surface area (Å²) in [4.78, 5) is 10.6. The number of aliphatic carboxylic acids is 1. The molecular weight excluding hydrogens is 374 g/mol. The van der Waals surface area contributed by atoms with E-state index in [1.807, 2.05) is 0 Å². The molecule has 0 aliphatic heterocycles. The first-order valence-corrected chi connectivity index (χ1v) is 8.11. The highest BCUT2D eigenvalue weighted by Gasteiger charge is 2.19. The van der Waals surface area contributed by atoms with E-state index in [0.29, 0.717) is 9.50 Å². The molecule has 0 aliphatic carbocycles. The van der Waals surface area contributed by atoms with Crippen LogP contribution in [0.2, 0.25) is 5.02 Å². The fourth-order valence-corrected chi connectivity index (χ4v) is 3.10. The van der Waals surface area contributed by atoms with E-state index < -0.39 is 22.1 Å². The van der Waals surface area contributed by atoms with Gasteiger partial charge in [0.05, 0.1) is 22.4 Å². The van der Waals surface area contributed by atoms with E-state index in [1.165, 1.54) is 25.3 Å². The van der Waals surface area contributed by atoms with Crippen molar-refractivity contribution < 1.29 is 23.1 Å². The first-order chi connectivity index (χ1) is 9.26. The summed E-state index contributed by atoms with van der Waals surface area (Å²) in [7, 11) is -2.43. The quantitative estimate of drug-likeness (QED) is 0.746. The Balaban J connectivity index is 2.79. The van der Waals surface area contributed by atoms with Gasteiger partial charge in [-0.25, -0.2) is 13.1 Å². The lowest BCUT2D eigenvalue weighted by Crippen LogP contribution is -2.34. The summed E-state index contributed by atoms with van der Waals surface area (Å²) in [6, 6.07) is 4.17. The van der Waals surface area contributed by atoms with Crippen LogP contribution in [0.15, 0.2) is 27.6 Å². The number of carboxylic acids is 1. The molecule has 1 unspecified atom stereocenters. The summed E-state index contributed by atoms with van der Waals surface area (Å²) in [5, 5.41) is 9.04. The highest BCUT2D eigenvalue weighted by molar-refractivity contribution is 9.10. The molecule has 1 atom stereocenters. The Morgan fingerprint density at radius 2 is 2.20 bits per heavy atom. The second-order valence-electron chi connectivity index (χ2n) is 3.88. The minimum atomic E-state index is -3.75. The van der Waals surface area contributed by atoms with Gasteiger partial charge >= 0.3 is 5.97 Å². The Hall–Kier alpha value is -0.670. The number of benzene rings is 1. The predicted octanol–water partition coefficient (Wildman–Crippen LogP) is 1.87. The molecule has 0 bridgehead atoms. The predicted molar refractivity (Wildman–Crippen MR) is 77.4 cm³/mol. The summed E-state index contributed by atoms with van der Waals surface area (Å²) in [6.45, 7) is -0.134. The van der Waals surface area contributed by atoms with Gasteiger partial charge in [-0.15, -0.1) is 0 Å². The van der Waals surface area contributed by atoms with Crippen LogP contribution in [0.3, 0.4) is 0 Å². The van der Waals surface area contributed by atoms with Crippen LogP contribution in [-0.2, 0) is 19.6 Å². The molecule has 0 amide bonds. The number of nitrogens with one attached hydrogen (secondary N) is 1. The van der Waals surface area contributed by atoms with Crippen LogP contribution < -0.4 is 4.72 Å². The van der Waals surface area contributed by atoms with Crippen molar-refractivity contribution in [3.05, 3.63) is 27.7 Å². The van der Waals surface area contributed by atoms with Gasteiger partial charge in [-0.05, 0) is 34.1 Å². The van der Waals surface area contributed by atoms with Crippen molar-refractivity contribution in [2.24, 2.45) is 0 Å². The van der Waals surface area contributed by atoms with Gasteiger partial charge in [0.2, 0.25) is 10.0 Å². The van der Waals surface area contributed by atoms with E-state index in [2.05, 4.69) is 20.7 Å². The summed E-state index contributed by atoms with van der Waals surface area (Å²) in [5.74, 6) is -1.06. The van der Waals surface area contributed by atoms with Gasteiger partial charge in [0.25, 0.3) is 0 Å². The van der Waals surface area contributed by atoms with Gasteiger partial charge in [0.15, 0.2) is 0 Å². The monoisotopic (exact) mass is 385 g/mol. The lowest BCUT2D eigenvalue weighted by molar-refractivity contribution is -0.139. The minimum Gasteiger partial charge on any atom is -0.481 e. The van der Waals surface area contributed by atoms with Crippen LogP contribution in [0.4, 0.5) is 0 Å². The average molecular weight is 387 g/mol. The molecule has 1 rings (SSSR count). The maximum Gasteiger partial charge on any atom is 0.306 e. The molecule has 1 aromatic rings. The van der Waals surface area contributed by atoms with Crippen molar-refractivity contribution in [3.63, 3.8) is 0 Å². The number of hydrogen-bond donors (Lipinski definition) is 2. The molecule has 9 heteroatoms. The Kier molecular flexibility index (Phi) is 6.41. The van der Waals surface area contributed by atoms with Crippen molar-refractivity contribution in [1.29, 1.82) is 0 Å². The zero-order valence-corrected chi connectivity index (χ0v) is 13.6. The lowest BCUT2D eigenvalue weighted by atomic mass is 10.2. The SMILES string of the molecule is COC(CNS(=O)(=O)c1ccc(Cl)c(Br)c1)CC(=O)O. The highest BCUT2D eigenvalue weighted by atomic mass is 79.9. The maximum atomic E-state index is 12.0. The van der Waals surface area contributed by atoms with Gasteiger partial charge in [-0.2, -0.15) is 0 Å². The third-order valence-corrected chi connectivity index (χ3v) is 5.07. The molecule has 0 aromatic heterocycles. The van der Waals surface area contributed by atoms with E-state index in [0.717, 1.165) is 0 Å². The topological polar surface area (TPSA) is 92.7 Å². The second kappa shape index (κ2) is 7.37. The van der Waals surface area contributed by atoms with Crippen molar-refractivity contribution >= 4 is 43.5 Å². The number of halogens is 2. The third kappa shape index (κ3) is 5.02. The van der Waals surface area contributed by atoms with Crippen LogP contribution in [0, 0.1) is 0 Å². The number of sulfonamides is 1. The normalized spacial score (nSPS) is 13.2. The fraction of sp³-hybridized carbons (Fsp3) is 0.364. The van der Waals surface area contributed by atoms with E-state index in [-0.39, 0.29) is 17.9 Å². The number of ether oxygens (including phenoxy) is 1. The lowest BCUT2D eigenvalue weighted by Gasteiger charge is -2.14. The van der Waals surface area contributed by atoms with E-state index in [1.54, 1.807) is 0 Å². The zero-order valence-electron chi connectivity index (χ0n) is 10.5. The van der Waals surface area contributed by atoms with E-state index >= 15 is 0 Å². The standard InChI is InChI=1S/C11H13BrClNO5S/c1-19-7(4-11(15)16)6-14-20(17,18)8-2-3-10(13)9(12)5-8/h2-3,5,7,14H,4,6H2,1H3,(H,15,16). The molecule has 0 saturated carbocycles. The second-order valence-corrected chi connectivity index (χ2v) is 6.91. The number of carbonyl (C=O) groups is 1. The minimum absolute atomic E-state index is 0.0268. The summed E-state index contributed by atoms with van der Waals surface area (Å²) >= 11 is 8.93. The van der Waals surface area contributed by atoms with Crippen LogP contribution in [0.25, 0.3) is 0 Å². The number of rotatable bonds is 7. The first kappa shape index (κ1) is 17.4. The summed E-state index contributed by atoms with van der Waals surface area (Å²) in [6.07, 6.45) is -1.03. The molecule has 2 N–H and O–H groups in total. The van der Waals surface area contributed by atoms with Gasteiger partial charge in [-0.3, -0.25) is 4.79 Å². The maximum absolute atomic E-state index is 12.0.